The van der Waals surface area contributed by atoms with Crippen molar-refractivity contribution in [2.75, 3.05) is 0 Å². The van der Waals surface area contributed by atoms with Gasteiger partial charge in [-0.2, -0.15) is 0 Å². The van der Waals surface area contributed by atoms with Crippen LogP contribution in [0.5, 0.6) is 0 Å². The van der Waals surface area contributed by atoms with Crippen molar-refractivity contribution in [2.45, 2.75) is 57.4 Å². The lowest BCUT2D eigenvalue weighted by atomic mass is 9.97. The van der Waals surface area contributed by atoms with Crippen molar-refractivity contribution < 1.29 is 14.7 Å². The van der Waals surface area contributed by atoms with E-state index >= 15 is 0 Å². The fraction of sp³-hybridized carbons (Fsp3) is 0.714. The number of carbonyl (C=O) groups is 2. The van der Waals surface area contributed by atoms with E-state index in [0.717, 1.165) is 25.7 Å². The number of carbonyl (C=O) groups excluding carboxylic acids is 1. The maximum absolute atomic E-state index is 11.9. The summed E-state index contributed by atoms with van der Waals surface area (Å²) in [5, 5.41) is 11.7. The topological polar surface area (TPSA) is 66.4 Å². The Hall–Kier alpha value is -1.32. The van der Waals surface area contributed by atoms with E-state index in [1.807, 2.05) is 0 Å². The number of amides is 1. The molecule has 2 N–H and O–H groups in total. The Labute approximate surface area is 107 Å². The van der Waals surface area contributed by atoms with Gasteiger partial charge in [0.25, 0.3) is 0 Å². The van der Waals surface area contributed by atoms with E-state index in [1.54, 1.807) is 0 Å². The predicted octanol–water partition coefficient (Wildman–Crippen LogP) is 2.25. The predicted molar refractivity (Wildman–Crippen MR) is 68.1 cm³/mol. The molecule has 100 valence electrons. The number of hydrogen-bond donors (Lipinski definition) is 2. The van der Waals surface area contributed by atoms with Crippen LogP contribution in [0.25, 0.3) is 0 Å². The Morgan fingerprint density at radius 2 is 2.17 bits per heavy atom. The largest absolute Gasteiger partial charge is 0.481 e. The average Bonchev–Trinajstić information content (AvgIpc) is 3.12. The van der Waals surface area contributed by atoms with Crippen LogP contribution < -0.4 is 5.32 Å². The van der Waals surface area contributed by atoms with E-state index in [0.29, 0.717) is 12.3 Å². The molecule has 0 aromatic rings. The number of carboxylic acid groups (broad SMARTS) is 1. The molecular formula is C14H21NO3. The molecule has 2 rings (SSSR count). The molecule has 4 heteroatoms. The Morgan fingerprint density at radius 1 is 1.39 bits per heavy atom. The molecule has 0 radical (unpaired) electrons. The van der Waals surface area contributed by atoms with Crippen molar-refractivity contribution in [3.05, 3.63) is 11.6 Å². The fourth-order valence-corrected chi connectivity index (χ4v) is 2.55. The second-order valence-corrected chi connectivity index (χ2v) is 5.39. The number of nitrogens with one attached hydrogen (secondary N) is 1. The lowest BCUT2D eigenvalue weighted by Crippen LogP contribution is -2.38. The van der Waals surface area contributed by atoms with Crippen molar-refractivity contribution in [1.29, 1.82) is 0 Å². The molecule has 4 nitrogen and oxygen atoms in total. The highest BCUT2D eigenvalue weighted by Crippen LogP contribution is 2.34. The van der Waals surface area contributed by atoms with Gasteiger partial charge in [0, 0.05) is 12.5 Å². The molecule has 0 bridgehead atoms. The monoisotopic (exact) mass is 251 g/mol. The van der Waals surface area contributed by atoms with Crippen LogP contribution in [0.2, 0.25) is 0 Å². The summed E-state index contributed by atoms with van der Waals surface area (Å²) in [7, 11) is 0. The third-order valence-corrected chi connectivity index (χ3v) is 3.70. The first kappa shape index (κ1) is 13.1. The van der Waals surface area contributed by atoms with Crippen LogP contribution in [0.3, 0.4) is 0 Å². The smallest absolute Gasteiger partial charge is 0.305 e. The molecule has 0 aliphatic heterocycles. The van der Waals surface area contributed by atoms with E-state index in [9.17, 15) is 9.59 Å². The van der Waals surface area contributed by atoms with Crippen LogP contribution in [0.4, 0.5) is 0 Å². The molecule has 1 amide bonds. The summed E-state index contributed by atoms with van der Waals surface area (Å²) in [6.45, 7) is 0. The summed E-state index contributed by atoms with van der Waals surface area (Å²) in [5.41, 5.74) is 1.21. The van der Waals surface area contributed by atoms with Crippen LogP contribution in [-0.2, 0) is 9.59 Å². The van der Waals surface area contributed by atoms with Gasteiger partial charge in [0.05, 0.1) is 6.42 Å². The van der Waals surface area contributed by atoms with E-state index in [4.69, 9.17) is 5.11 Å². The Balaban J connectivity index is 1.80. The third kappa shape index (κ3) is 4.17. The molecule has 1 unspecified atom stereocenters. The van der Waals surface area contributed by atoms with Gasteiger partial charge in [-0.3, -0.25) is 9.59 Å². The lowest BCUT2D eigenvalue weighted by Gasteiger charge is -2.18. The van der Waals surface area contributed by atoms with E-state index in [1.165, 1.54) is 18.4 Å². The normalized spacial score (nSPS) is 21.0. The second kappa shape index (κ2) is 6.03. The average molecular weight is 251 g/mol. The minimum Gasteiger partial charge on any atom is -0.481 e. The van der Waals surface area contributed by atoms with Crippen LogP contribution in [0.15, 0.2) is 11.6 Å². The van der Waals surface area contributed by atoms with Gasteiger partial charge in [-0.05, 0) is 44.4 Å². The van der Waals surface area contributed by atoms with Gasteiger partial charge < -0.3 is 10.4 Å². The van der Waals surface area contributed by atoms with Gasteiger partial charge in [-0.15, -0.1) is 0 Å². The number of rotatable bonds is 6. The zero-order valence-corrected chi connectivity index (χ0v) is 10.7. The summed E-state index contributed by atoms with van der Waals surface area (Å²) in [6, 6.07) is -0.167. The van der Waals surface area contributed by atoms with Crippen LogP contribution in [0.1, 0.15) is 51.4 Å². The maximum atomic E-state index is 11.9. The van der Waals surface area contributed by atoms with Crippen LogP contribution in [0, 0.1) is 5.92 Å². The first-order valence-electron chi connectivity index (χ1n) is 6.84. The quantitative estimate of drug-likeness (QED) is 0.711. The highest BCUT2D eigenvalue weighted by Gasteiger charge is 2.33. The molecule has 1 fully saturated rings. The molecule has 0 spiro atoms. The number of carboxylic acids is 1. The van der Waals surface area contributed by atoms with Crippen LogP contribution in [-0.4, -0.2) is 23.0 Å². The number of allylic oxidation sites excluding steroid dienone is 1. The summed E-state index contributed by atoms with van der Waals surface area (Å²) in [6.07, 6.45) is 9.21. The first-order valence-corrected chi connectivity index (χ1v) is 6.84. The molecule has 2 aliphatic rings. The van der Waals surface area contributed by atoms with Gasteiger partial charge in [0.1, 0.15) is 0 Å². The highest BCUT2D eigenvalue weighted by atomic mass is 16.4. The molecule has 1 atom stereocenters. The third-order valence-electron chi connectivity index (χ3n) is 3.70. The molecule has 0 heterocycles. The van der Waals surface area contributed by atoms with Gasteiger partial charge in [-0.25, -0.2) is 0 Å². The van der Waals surface area contributed by atoms with Gasteiger partial charge in [0.15, 0.2) is 0 Å². The van der Waals surface area contributed by atoms with Crippen molar-refractivity contribution in [2.24, 2.45) is 5.92 Å². The first-order chi connectivity index (χ1) is 8.65. The van der Waals surface area contributed by atoms with E-state index in [2.05, 4.69) is 11.4 Å². The molecule has 0 aromatic carbocycles. The van der Waals surface area contributed by atoms with Crippen LogP contribution >= 0.6 is 0 Å². The second-order valence-electron chi connectivity index (χ2n) is 5.39. The van der Waals surface area contributed by atoms with Crippen molar-refractivity contribution in [1.82, 2.24) is 5.32 Å². The number of aliphatic carboxylic acids is 1. The molecule has 0 saturated heterocycles. The Bertz CT molecular complexity index is 358. The molecule has 0 aromatic heterocycles. The molecular weight excluding hydrogens is 230 g/mol. The number of hydrogen-bond acceptors (Lipinski definition) is 2. The van der Waals surface area contributed by atoms with Crippen molar-refractivity contribution in [3.8, 4) is 0 Å². The van der Waals surface area contributed by atoms with Gasteiger partial charge in [0.2, 0.25) is 5.91 Å². The summed E-state index contributed by atoms with van der Waals surface area (Å²) < 4.78 is 0. The Morgan fingerprint density at radius 3 is 2.72 bits per heavy atom. The van der Waals surface area contributed by atoms with Gasteiger partial charge in [-0.1, -0.05) is 11.6 Å². The molecule has 2 aliphatic carbocycles. The minimum atomic E-state index is -0.830. The van der Waals surface area contributed by atoms with E-state index < -0.39 is 5.97 Å². The zero-order chi connectivity index (χ0) is 13.0. The standard InChI is InChI=1S/C14H21NO3/c16-13(8-10-4-2-1-3-5-10)15-12(9-14(17)18)11-6-7-11/h4,11-12H,1-3,5-9H2,(H,15,16)(H,17,18). The SMILES string of the molecule is O=C(O)CC(NC(=O)CC1=CCCCC1)C1CC1. The summed E-state index contributed by atoms with van der Waals surface area (Å²) in [5.74, 6) is -0.462. The minimum absolute atomic E-state index is 0.0127. The molecule has 18 heavy (non-hydrogen) atoms. The van der Waals surface area contributed by atoms with E-state index in [-0.39, 0.29) is 18.4 Å². The van der Waals surface area contributed by atoms with Crippen molar-refractivity contribution in [3.63, 3.8) is 0 Å². The highest BCUT2D eigenvalue weighted by molar-refractivity contribution is 5.79. The lowest BCUT2D eigenvalue weighted by molar-refractivity contribution is -0.137. The summed E-state index contributed by atoms with van der Waals surface area (Å²) >= 11 is 0. The van der Waals surface area contributed by atoms with Gasteiger partial charge >= 0.3 is 5.97 Å². The maximum Gasteiger partial charge on any atom is 0.305 e. The zero-order valence-electron chi connectivity index (χ0n) is 10.7. The molecule has 1 saturated carbocycles. The summed E-state index contributed by atoms with van der Waals surface area (Å²) in [4.78, 5) is 22.6. The van der Waals surface area contributed by atoms with Crippen molar-refractivity contribution >= 4 is 11.9 Å². The fourth-order valence-electron chi connectivity index (χ4n) is 2.55. The Kier molecular flexibility index (Phi) is 4.39.